The van der Waals surface area contributed by atoms with Crippen LogP contribution in [0.3, 0.4) is 0 Å². The van der Waals surface area contributed by atoms with Crippen molar-refractivity contribution in [2.24, 2.45) is 5.41 Å². The first-order chi connectivity index (χ1) is 9.45. The van der Waals surface area contributed by atoms with Gasteiger partial charge in [0, 0.05) is 19.0 Å². The lowest BCUT2D eigenvalue weighted by Gasteiger charge is -2.39. The summed E-state index contributed by atoms with van der Waals surface area (Å²) in [6.45, 7) is 9.93. The van der Waals surface area contributed by atoms with Gasteiger partial charge >= 0.3 is 0 Å². The van der Waals surface area contributed by atoms with Crippen molar-refractivity contribution in [3.05, 3.63) is 17.0 Å². The Morgan fingerprint density at radius 3 is 2.86 bits per heavy atom. The summed E-state index contributed by atoms with van der Waals surface area (Å²) >= 11 is 0. The number of rotatable bonds is 4. The van der Waals surface area contributed by atoms with E-state index in [4.69, 9.17) is 4.52 Å². The van der Waals surface area contributed by atoms with Crippen LogP contribution in [0.4, 0.5) is 0 Å². The number of piperidine rings is 1. The van der Waals surface area contributed by atoms with E-state index in [1.807, 2.05) is 6.92 Å². The average Bonchev–Trinajstić information content (AvgIpc) is 2.78. The molecule has 1 aromatic rings. The van der Waals surface area contributed by atoms with Crippen LogP contribution in [-0.2, 0) is 6.42 Å². The molecule has 1 fully saturated rings. The predicted molar refractivity (Wildman–Crippen MR) is 85.0 cm³/mol. The molecule has 1 aliphatic heterocycles. The number of aryl methyl sites for hydroxylation is 2. The van der Waals surface area contributed by atoms with Gasteiger partial charge in [-0.3, -0.25) is 4.79 Å². The highest BCUT2D eigenvalue weighted by molar-refractivity contribution is 5.96. The van der Waals surface area contributed by atoms with Crippen LogP contribution in [-0.4, -0.2) is 30.2 Å². The maximum absolute atomic E-state index is 12.3. The van der Waals surface area contributed by atoms with Crippen LogP contribution in [0.5, 0.6) is 0 Å². The first-order valence-corrected chi connectivity index (χ1v) is 7.42. The van der Waals surface area contributed by atoms with Gasteiger partial charge in [0.05, 0.1) is 5.69 Å². The minimum absolute atomic E-state index is 0. The van der Waals surface area contributed by atoms with E-state index in [0.717, 1.165) is 6.54 Å². The Kier molecular flexibility index (Phi) is 6.23. The molecule has 1 aliphatic rings. The molecular formula is C15H26ClN3O2. The summed E-state index contributed by atoms with van der Waals surface area (Å²) in [6.07, 6.45) is 3.06. The summed E-state index contributed by atoms with van der Waals surface area (Å²) in [5.41, 5.74) is 1.47. The van der Waals surface area contributed by atoms with E-state index < -0.39 is 0 Å². The first-order valence-electron chi connectivity index (χ1n) is 7.42. The fourth-order valence-electron chi connectivity index (χ4n) is 2.85. The first kappa shape index (κ1) is 18.0. The van der Waals surface area contributed by atoms with E-state index in [0.29, 0.717) is 36.0 Å². The number of hydrogen-bond acceptors (Lipinski definition) is 4. The van der Waals surface area contributed by atoms with Crippen molar-refractivity contribution in [1.82, 2.24) is 15.8 Å². The molecule has 120 valence electrons. The topological polar surface area (TPSA) is 67.2 Å². The van der Waals surface area contributed by atoms with Gasteiger partial charge in [-0.05, 0) is 31.7 Å². The monoisotopic (exact) mass is 315 g/mol. The second-order valence-corrected chi connectivity index (χ2v) is 6.23. The molecule has 21 heavy (non-hydrogen) atoms. The average molecular weight is 316 g/mol. The van der Waals surface area contributed by atoms with Crippen molar-refractivity contribution in [1.29, 1.82) is 0 Å². The van der Waals surface area contributed by atoms with E-state index in [1.165, 1.54) is 12.8 Å². The quantitative estimate of drug-likeness (QED) is 0.895. The Balaban J connectivity index is 0.00000220. The molecule has 1 amide bonds. The summed E-state index contributed by atoms with van der Waals surface area (Å²) in [5.74, 6) is 0.583. The minimum Gasteiger partial charge on any atom is -0.360 e. The summed E-state index contributed by atoms with van der Waals surface area (Å²) < 4.78 is 5.17. The molecule has 1 unspecified atom stereocenters. The molecule has 6 heteroatoms. The van der Waals surface area contributed by atoms with Crippen molar-refractivity contribution in [3.63, 3.8) is 0 Å². The van der Waals surface area contributed by atoms with Gasteiger partial charge in [0.2, 0.25) is 0 Å². The number of hydrogen-bond donors (Lipinski definition) is 2. The Hall–Kier alpha value is -1.07. The number of halogens is 1. The largest absolute Gasteiger partial charge is 0.360 e. The van der Waals surface area contributed by atoms with Gasteiger partial charge in [0.15, 0.2) is 0 Å². The molecular weight excluding hydrogens is 290 g/mol. The van der Waals surface area contributed by atoms with Gasteiger partial charge in [0.1, 0.15) is 11.3 Å². The van der Waals surface area contributed by atoms with Crippen LogP contribution in [0.2, 0.25) is 0 Å². The van der Waals surface area contributed by atoms with Crippen molar-refractivity contribution in [3.8, 4) is 0 Å². The van der Waals surface area contributed by atoms with Crippen LogP contribution in [0.25, 0.3) is 0 Å². The Morgan fingerprint density at radius 1 is 1.52 bits per heavy atom. The highest BCUT2D eigenvalue weighted by Crippen LogP contribution is 2.29. The van der Waals surface area contributed by atoms with Crippen molar-refractivity contribution >= 4 is 18.3 Å². The van der Waals surface area contributed by atoms with Crippen LogP contribution in [0, 0.1) is 12.3 Å². The highest BCUT2D eigenvalue weighted by Gasteiger charge is 2.32. The van der Waals surface area contributed by atoms with Crippen LogP contribution in [0.15, 0.2) is 4.52 Å². The van der Waals surface area contributed by atoms with Gasteiger partial charge in [-0.1, -0.05) is 25.9 Å². The molecule has 2 heterocycles. The molecule has 0 saturated carbocycles. The number of nitrogens with one attached hydrogen (secondary N) is 2. The lowest BCUT2D eigenvalue weighted by atomic mass is 9.77. The van der Waals surface area contributed by atoms with Crippen LogP contribution in [0.1, 0.15) is 55.4 Å². The third-order valence-corrected chi connectivity index (χ3v) is 4.28. The molecule has 1 saturated heterocycles. The second kappa shape index (κ2) is 7.27. The third kappa shape index (κ3) is 3.98. The zero-order valence-electron chi connectivity index (χ0n) is 13.3. The number of nitrogens with zero attached hydrogens (tertiary/aromatic N) is 1. The molecule has 0 spiro atoms. The van der Waals surface area contributed by atoms with E-state index in [1.54, 1.807) is 6.92 Å². The molecule has 0 bridgehead atoms. The maximum atomic E-state index is 12.3. The van der Waals surface area contributed by atoms with Crippen molar-refractivity contribution in [2.45, 2.75) is 53.0 Å². The lowest BCUT2D eigenvalue weighted by molar-refractivity contribution is 0.0926. The Morgan fingerprint density at radius 2 is 2.24 bits per heavy atom. The lowest BCUT2D eigenvalue weighted by Crippen LogP contribution is -2.52. The maximum Gasteiger partial charge on any atom is 0.256 e. The van der Waals surface area contributed by atoms with E-state index in [-0.39, 0.29) is 23.7 Å². The summed E-state index contributed by atoms with van der Waals surface area (Å²) in [7, 11) is 0. The molecule has 2 rings (SSSR count). The van der Waals surface area contributed by atoms with Gasteiger partial charge in [-0.15, -0.1) is 12.4 Å². The minimum atomic E-state index is -0.0798. The molecule has 5 nitrogen and oxygen atoms in total. The molecule has 0 aromatic carbocycles. The number of carbonyl (C=O) groups is 1. The fraction of sp³-hybridized carbons (Fsp3) is 0.733. The van der Waals surface area contributed by atoms with Gasteiger partial charge < -0.3 is 15.2 Å². The standard InChI is InChI=1S/C15H25N3O2.ClH/c1-5-11-13(10(2)18-20-11)14(19)17-9-12-15(3,4)7-6-8-16-12;/h12,16H,5-9H2,1-4H3,(H,17,19);1H. The highest BCUT2D eigenvalue weighted by atomic mass is 35.5. The molecule has 0 radical (unpaired) electrons. The zero-order valence-corrected chi connectivity index (χ0v) is 14.1. The second-order valence-electron chi connectivity index (χ2n) is 6.23. The third-order valence-electron chi connectivity index (χ3n) is 4.28. The van der Waals surface area contributed by atoms with Crippen molar-refractivity contribution < 1.29 is 9.32 Å². The summed E-state index contributed by atoms with van der Waals surface area (Å²) in [6, 6.07) is 0.311. The number of amides is 1. The van der Waals surface area contributed by atoms with Crippen LogP contribution >= 0.6 is 12.4 Å². The molecule has 1 atom stereocenters. The SMILES string of the molecule is CCc1onc(C)c1C(=O)NCC1NCCCC1(C)C.Cl. The number of aromatic nitrogens is 1. The van der Waals surface area contributed by atoms with Crippen LogP contribution < -0.4 is 10.6 Å². The molecule has 1 aromatic heterocycles. The zero-order chi connectivity index (χ0) is 14.8. The fourth-order valence-corrected chi connectivity index (χ4v) is 2.85. The van der Waals surface area contributed by atoms with Gasteiger partial charge in [-0.2, -0.15) is 0 Å². The predicted octanol–water partition coefficient (Wildman–Crippen LogP) is 2.48. The van der Waals surface area contributed by atoms with E-state index in [9.17, 15) is 4.79 Å². The smallest absolute Gasteiger partial charge is 0.256 e. The Labute approximate surface area is 132 Å². The number of carbonyl (C=O) groups excluding carboxylic acids is 1. The van der Waals surface area contributed by atoms with Gasteiger partial charge in [0.25, 0.3) is 5.91 Å². The summed E-state index contributed by atoms with van der Waals surface area (Å²) in [5, 5.41) is 10.4. The van der Waals surface area contributed by atoms with E-state index >= 15 is 0 Å². The molecule has 2 N–H and O–H groups in total. The van der Waals surface area contributed by atoms with Gasteiger partial charge in [-0.25, -0.2) is 0 Å². The van der Waals surface area contributed by atoms with Crippen molar-refractivity contribution in [2.75, 3.05) is 13.1 Å². The van der Waals surface area contributed by atoms with E-state index in [2.05, 4.69) is 29.6 Å². The molecule has 0 aliphatic carbocycles. The normalized spacial score (nSPS) is 20.7. The Bertz CT molecular complexity index is 485. The summed E-state index contributed by atoms with van der Waals surface area (Å²) in [4.78, 5) is 12.3.